The van der Waals surface area contributed by atoms with Gasteiger partial charge in [-0.25, -0.2) is 13.2 Å². The molecule has 0 bridgehead atoms. The molecule has 0 amide bonds. The van der Waals surface area contributed by atoms with Gasteiger partial charge in [-0.15, -0.1) is 10.2 Å². The third kappa shape index (κ3) is 4.95. The van der Waals surface area contributed by atoms with E-state index in [1.54, 1.807) is 20.8 Å². The second kappa shape index (κ2) is 9.59. The second-order valence-corrected chi connectivity index (χ2v) is 8.94. The lowest BCUT2D eigenvalue weighted by atomic mass is 10.2. The molecule has 0 radical (unpaired) electrons. The molecule has 0 saturated carbocycles. The van der Waals surface area contributed by atoms with Gasteiger partial charge in [0.25, 0.3) is 5.89 Å². The van der Waals surface area contributed by atoms with Gasteiger partial charge in [-0.1, -0.05) is 43.6 Å². The van der Waals surface area contributed by atoms with Crippen molar-refractivity contribution in [1.29, 1.82) is 0 Å². The highest BCUT2D eigenvalue weighted by Gasteiger charge is 2.26. The Balaban J connectivity index is 1.81. The first-order valence-electron chi connectivity index (χ1n) is 9.67. The summed E-state index contributed by atoms with van der Waals surface area (Å²) in [6, 6.07) is 13.1. The summed E-state index contributed by atoms with van der Waals surface area (Å²) in [4.78, 5) is 12.7. The summed E-state index contributed by atoms with van der Waals surface area (Å²) in [5, 5.41) is 7.98. The van der Waals surface area contributed by atoms with Crippen molar-refractivity contribution in [1.82, 2.24) is 14.5 Å². The molecule has 10 heteroatoms. The van der Waals surface area contributed by atoms with Gasteiger partial charge in [-0.2, -0.15) is 4.31 Å². The van der Waals surface area contributed by atoms with E-state index in [0.717, 1.165) is 5.56 Å². The van der Waals surface area contributed by atoms with Crippen LogP contribution in [0.1, 0.15) is 43.1 Å². The van der Waals surface area contributed by atoms with E-state index < -0.39 is 22.1 Å². The van der Waals surface area contributed by atoms with E-state index in [9.17, 15) is 13.2 Å². The molecule has 0 saturated heterocycles. The minimum absolute atomic E-state index is 0.0376. The Labute approximate surface area is 185 Å². The third-order valence-corrected chi connectivity index (χ3v) is 6.97. The zero-order valence-electron chi connectivity index (χ0n) is 17.3. The number of nitrogens with zero attached hydrogens (tertiary/aromatic N) is 3. The Morgan fingerprint density at radius 1 is 1.13 bits per heavy atom. The maximum atomic E-state index is 12.8. The van der Waals surface area contributed by atoms with E-state index in [2.05, 4.69) is 10.2 Å². The summed E-state index contributed by atoms with van der Waals surface area (Å²) in [5.74, 6) is -0.396. The lowest BCUT2D eigenvalue weighted by Gasteiger charge is -2.19. The molecule has 8 nitrogen and oxygen atoms in total. The Kier molecular flexibility index (Phi) is 7.09. The van der Waals surface area contributed by atoms with Crippen LogP contribution in [0.3, 0.4) is 0 Å². The number of rotatable bonds is 8. The number of sulfonamides is 1. The average molecular weight is 464 g/mol. The minimum atomic E-state index is -3.76. The first-order valence-corrected chi connectivity index (χ1v) is 11.5. The van der Waals surface area contributed by atoms with Crippen LogP contribution in [0.15, 0.2) is 57.8 Å². The van der Waals surface area contributed by atoms with Crippen LogP contribution in [0.2, 0.25) is 5.02 Å². The van der Waals surface area contributed by atoms with Crippen molar-refractivity contribution in [3.63, 3.8) is 0 Å². The van der Waals surface area contributed by atoms with Crippen LogP contribution < -0.4 is 0 Å². The van der Waals surface area contributed by atoms with Gasteiger partial charge in [0, 0.05) is 18.7 Å². The number of benzene rings is 2. The molecule has 1 aromatic heterocycles. The van der Waals surface area contributed by atoms with Gasteiger partial charge in [0.05, 0.1) is 15.5 Å². The van der Waals surface area contributed by atoms with Crippen LogP contribution in [-0.4, -0.2) is 42.0 Å². The highest BCUT2D eigenvalue weighted by molar-refractivity contribution is 7.89. The predicted octanol–water partition coefficient (Wildman–Crippen LogP) is 4.34. The lowest BCUT2D eigenvalue weighted by molar-refractivity contribution is 0.0280. The molecule has 0 fully saturated rings. The molecule has 2 aromatic carbocycles. The minimum Gasteiger partial charge on any atom is -0.449 e. The fourth-order valence-corrected chi connectivity index (χ4v) is 4.58. The van der Waals surface area contributed by atoms with Crippen molar-refractivity contribution in [3.8, 4) is 11.5 Å². The lowest BCUT2D eigenvalue weighted by Crippen LogP contribution is -2.30. The van der Waals surface area contributed by atoms with Crippen LogP contribution in [-0.2, 0) is 14.8 Å². The van der Waals surface area contributed by atoms with Crippen LogP contribution in [0.5, 0.6) is 0 Å². The number of hydrogen-bond acceptors (Lipinski definition) is 7. The molecule has 164 valence electrons. The number of carbonyl (C=O) groups excluding carboxylic acids is 1. The molecular formula is C21H22ClN3O5S. The zero-order valence-corrected chi connectivity index (χ0v) is 18.9. The van der Waals surface area contributed by atoms with Crippen LogP contribution in [0.25, 0.3) is 11.5 Å². The molecule has 1 unspecified atom stereocenters. The molecule has 0 aliphatic carbocycles. The monoisotopic (exact) mass is 463 g/mol. The maximum absolute atomic E-state index is 12.8. The molecule has 3 rings (SSSR count). The molecule has 1 atom stereocenters. The Morgan fingerprint density at radius 3 is 2.45 bits per heavy atom. The van der Waals surface area contributed by atoms with Gasteiger partial charge in [-0.05, 0) is 37.3 Å². The fraction of sp³-hybridized carbons (Fsp3) is 0.286. The smallest absolute Gasteiger partial charge is 0.340 e. The molecular weight excluding hydrogens is 442 g/mol. The van der Waals surface area contributed by atoms with Crippen molar-refractivity contribution < 1.29 is 22.4 Å². The van der Waals surface area contributed by atoms with Crippen molar-refractivity contribution >= 4 is 27.6 Å². The number of aromatic nitrogens is 2. The summed E-state index contributed by atoms with van der Waals surface area (Å²) in [6.07, 6.45) is -0.864. The van der Waals surface area contributed by atoms with E-state index in [4.69, 9.17) is 20.8 Å². The quantitative estimate of drug-likeness (QED) is 0.458. The zero-order chi connectivity index (χ0) is 22.6. The van der Waals surface area contributed by atoms with Crippen molar-refractivity contribution in [2.45, 2.75) is 31.8 Å². The Morgan fingerprint density at radius 2 is 1.81 bits per heavy atom. The summed E-state index contributed by atoms with van der Waals surface area (Å²) >= 11 is 6.14. The van der Waals surface area contributed by atoms with E-state index in [1.807, 2.05) is 30.3 Å². The summed E-state index contributed by atoms with van der Waals surface area (Å²) < 4.78 is 37.8. The Hall–Kier alpha value is -2.75. The number of ether oxygens (including phenoxy) is 1. The van der Waals surface area contributed by atoms with E-state index in [0.29, 0.717) is 19.0 Å². The largest absolute Gasteiger partial charge is 0.449 e. The Bertz CT molecular complexity index is 1160. The topological polar surface area (TPSA) is 103 Å². The van der Waals surface area contributed by atoms with E-state index in [1.165, 1.54) is 22.5 Å². The molecule has 0 aliphatic heterocycles. The number of carbonyl (C=O) groups is 1. The van der Waals surface area contributed by atoms with Crippen LogP contribution in [0.4, 0.5) is 0 Å². The van der Waals surface area contributed by atoms with Gasteiger partial charge < -0.3 is 9.15 Å². The normalized spacial score (nSPS) is 12.7. The first-order chi connectivity index (χ1) is 14.8. The molecule has 31 heavy (non-hydrogen) atoms. The number of esters is 1. The third-order valence-electron chi connectivity index (χ3n) is 4.59. The standard InChI is InChI=1S/C21H22ClN3O5S/c1-4-25(5-2)31(27,28)16-11-12-18(22)17(13-16)21(26)29-14(3)19-23-24-20(30-19)15-9-7-6-8-10-15/h6-14H,4-5H2,1-3H3. The SMILES string of the molecule is CCN(CC)S(=O)(=O)c1ccc(Cl)c(C(=O)OC(C)c2nnc(-c3ccccc3)o2)c1. The molecule has 0 N–H and O–H groups in total. The first kappa shape index (κ1) is 22.9. The van der Waals surface area contributed by atoms with Gasteiger partial charge in [-0.3, -0.25) is 0 Å². The number of hydrogen-bond donors (Lipinski definition) is 0. The maximum Gasteiger partial charge on any atom is 0.340 e. The molecule has 1 heterocycles. The fourth-order valence-electron chi connectivity index (χ4n) is 2.90. The van der Waals surface area contributed by atoms with Crippen molar-refractivity contribution in [2.75, 3.05) is 13.1 Å². The highest BCUT2D eigenvalue weighted by Crippen LogP contribution is 2.27. The molecule has 3 aromatic rings. The molecule has 0 spiro atoms. The summed E-state index contributed by atoms with van der Waals surface area (Å²) in [5.41, 5.74) is 0.668. The average Bonchev–Trinajstić information content (AvgIpc) is 3.25. The van der Waals surface area contributed by atoms with Gasteiger partial charge in [0.2, 0.25) is 15.9 Å². The van der Waals surface area contributed by atoms with Crippen LogP contribution >= 0.6 is 11.6 Å². The van der Waals surface area contributed by atoms with Gasteiger partial charge in [0.15, 0.2) is 6.10 Å². The summed E-state index contributed by atoms with van der Waals surface area (Å²) in [6.45, 7) is 5.66. The van der Waals surface area contributed by atoms with Gasteiger partial charge in [0.1, 0.15) is 0 Å². The van der Waals surface area contributed by atoms with E-state index in [-0.39, 0.29) is 21.4 Å². The van der Waals surface area contributed by atoms with Crippen molar-refractivity contribution in [2.24, 2.45) is 0 Å². The second-order valence-electron chi connectivity index (χ2n) is 6.59. The predicted molar refractivity (Wildman–Crippen MR) is 115 cm³/mol. The summed E-state index contributed by atoms with van der Waals surface area (Å²) in [7, 11) is -3.76. The van der Waals surface area contributed by atoms with E-state index >= 15 is 0 Å². The molecule has 0 aliphatic rings. The van der Waals surface area contributed by atoms with Crippen LogP contribution in [0, 0.1) is 0 Å². The van der Waals surface area contributed by atoms with Crippen molar-refractivity contribution in [3.05, 3.63) is 65.0 Å². The highest BCUT2D eigenvalue weighted by atomic mass is 35.5. The van der Waals surface area contributed by atoms with Gasteiger partial charge >= 0.3 is 5.97 Å². The number of halogens is 1.